The van der Waals surface area contributed by atoms with Crippen molar-refractivity contribution in [1.29, 1.82) is 0 Å². The second-order valence-electron chi connectivity index (χ2n) is 6.23. The molecule has 7 heteroatoms. The second kappa shape index (κ2) is 7.71. The number of nitrogen functional groups attached to an aromatic ring is 1. The van der Waals surface area contributed by atoms with Crippen molar-refractivity contribution < 1.29 is 4.79 Å². The Hall–Kier alpha value is -4.00. The minimum absolute atomic E-state index is 0.142. The summed E-state index contributed by atoms with van der Waals surface area (Å²) in [4.78, 5) is 16.4. The molecular weight excluding hydrogens is 352 g/mol. The van der Waals surface area contributed by atoms with E-state index in [9.17, 15) is 4.79 Å². The van der Waals surface area contributed by atoms with Gasteiger partial charge in [0.05, 0.1) is 17.6 Å². The smallest absolute Gasteiger partial charge is 0.251 e. The maximum absolute atomic E-state index is 12.3. The van der Waals surface area contributed by atoms with Crippen LogP contribution in [0.4, 0.5) is 5.69 Å². The van der Waals surface area contributed by atoms with Crippen LogP contribution in [0.15, 0.2) is 79.3 Å². The zero-order valence-electron chi connectivity index (χ0n) is 15.0. The van der Waals surface area contributed by atoms with Gasteiger partial charge >= 0.3 is 0 Å². The molecule has 0 unspecified atom stereocenters. The monoisotopic (exact) mass is 370 g/mol. The Bertz CT molecular complexity index is 1090. The number of nitrogens with two attached hydrogens (primary N) is 1. The van der Waals surface area contributed by atoms with E-state index < -0.39 is 0 Å². The van der Waals surface area contributed by atoms with Crippen LogP contribution in [-0.4, -0.2) is 25.9 Å². The summed E-state index contributed by atoms with van der Waals surface area (Å²) >= 11 is 0. The van der Waals surface area contributed by atoms with Crippen LogP contribution in [0.2, 0.25) is 0 Å². The summed E-state index contributed by atoms with van der Waals surface area (Å²) in [6, 6.07) is 18.4. The van der Waals surface area contributed by atoms with Crippen molar-refractivity contribution >= 4 is 11.6 Å². The third kappa shape index (κ3) is 3.73. The van der Waals surface area contributed by atoms with Gasteiger partial charge in [0.2, 0.25) is 0 Å². The number of carbonyl (C=O) groups is 1. The lowest BCUT2D eigenvalue weighted by Gasteiger charge is -2.05. The van der Waals surface area contributed by atoms with Crippen molar-refractivity contribution in [3.05, 3.63) is 90.4 Å². The molecule has 3 N–H and O–H groups in total. The molecule has 0 atom stereocenters. The van der Waals surface area contributed by atoms with Gasteiger partial charge in [-0.05, 0) is 35.9 Å². The van der Waals surface area contributed by atoms with Crippen molar-refractivity contribution in [2.75, 3.05) is 5.73 Å². The van der Waals surface area contributed by atoms with Crippen LogP contribution < -0.4 is 11.1 Å². The highest BCUT2D eigenvalue weighted by Crippen LogP contribution is 2.21. The van der Waals surface area contributed by atoms with Crippen molar-refractivity contribution in [3.63, 3.8) is 0 Å². The topological polar surface area (TPSA) is 98.7 Å². The number of benzene rings is 2. The van der Waals surface area contributed by atoms with Crippen LogP contribution in [0.1, 0.15) is 15.9 Å². The van der Waals surface area contributed by atoms with Gasteiger partial charge in [0, 0.05) is 30.1 Å². The van der Waals surface area contributed by atoms with E-state index in [2.05, 4.69) is 20.6 Å². The molecule has 0 aliphatic rings. The normalized spacial score (nSPS) is 10.6. The van der Waals surface area contributed by atoms with Gasteiger partial charge < -0.3 is 11.1 Å². The third-order valence-electron chi connectivity index (χ3n) is 4.30. The highest BCUT2D eigenvalue weighted by atomic mass is 16.1. The van der Waals surface area contributed by atoms with Crippen LogP contribution in [-0.2, 0) is 6.54 Å². The van der Waals surface area contributed by atoms with Gasteiger partial charge in [0.1, 0.15) is 5.69 Å². The van der Waals surface area contributed by atoms with Crippen LogP contribution in [0.5, 0.6) is 0 Å². The number of para-hydroxylation sites is 2. The molecule has 138 valence electrons. The minimum Gasteiger partial charge on any atom is -0.397 e. The number of pyridine rings is 1. The van der Waals surface area contributed by atoms with E-state index in [0.29, 0.717) is 23.5 Å². The molecule has 0 saturated carbocycles. The Labute approximate surface area is 161 Å². The fourth-order valence-corrected chi connectivity index (χ4v) is 2.79. The van der Waals surface area contributed by atoms with E-state index in [1.807, 2.05) is 54.7 Å². The zero-order chi connectivity index (χ0) is 19.3. The molecule has 2 aromatic carbocycles. The van der Waals surface area contributed by atoms with Gasteiger partial charge in [-0.15, -0.1) is 5.10 Å². The standard InChI is InChI=1S/C21H18N6O/c22-18-5-1-2-6-20(18)27-14-19(25-26-27)16-7-9-17(10-8-16)21(28)24-13-15-4-3-11-23-12-15/h1-12,14H,13,22H2,(H,24,28). The van der Waals surface area contributed by atoms with Crippen molar-refractivity contribution in [3.8, 4) is 16.9 Å². The van der Waals surface area contributed by atoms with Crippen molar-refractivity contribution in [2.45, 2.75) is 6.54 Å². The lowest BCUT2D eigenvalue weighted by molar-refractivity contribution is 0.0951. The minimum atomic E-state index is -0.142. The van der Waals surface area contributed by atoms with Crippen molar-refractivity contribution in [1.82, 2.24) is 25.3 Å². The molecule has 2 aromatic heterocycles. The van der Waals surface area contributed by atoms with Crippen LogP contribution in [0.3, 0.4) is 0 Å². The second-order valence-corrected chi connectivity index (χ2v) is 6.23. The molecule has 0 bridgehead atoms. The molecule has 0 spiro atoms. The summed E-state index contributed by atoms with van der Waals surface area (Å²) in [5.74, 6) is -0.142. The van der Waals surface area contributed by atoms with Crippen molar-refractivity contribution in [2.24, 2.45) is 0 Å². The Morgan fingerprint density at radius 1 is 1.04 bits per heavy atom. The van der Waals surface area contributed by atoms with E-state index in [0.717, 1.165) is 16.8 Å². The van der Waals surface area contributed by atoms with Crippen LogP contribution in [0, 0.1) is 0 Å². The number of rotatable bonds is 5. The van der Waals surface area contributed by atoms with Gasteiger partial charge in [-0.3, -0.25) is 9.78 Å². The van der Waals surface area contributed by atoms with E-state index in [1.165, 1.54) is 0 Å². The number of anilines is 1. The first-order chi connectivity index (χ1) is 13.7. The van der Waals surface area contributed by atoms with Gasteiger partial charge in [0.25, 0.3) is 5.91 Å². The number of nitrogens with zero attached hydrogens (tertiary/aromatic N) is 4. The Kier molecular flexibility index (Phi) is 4.79. The summed E-state index contributed by atoms with van der Waals surface area (Å²) in [6.07, 6.45) is 5.24. The molecule has 28 heavy (non-hydrogen) atoms. The number of carbonyl (C=O) groups excluding carboxylic acids is 1. The molecular formula is C21H18N6O. The molecule has 2 heterocycles. The van der Waals surface area contributed by atoms with Gasteiger partial charge in [-0.1, -0.05) is 35.5 Å². The van der Waals surface area contributed by atoms with Gasteiger partial charge in [-0.25, -0.2) is 4.68 Å². The number of nitrogens with one attached hydrogen (secondary N) is 1. The van der Waals surface area contributed by atoms with E-state index in [4.69, 9.17) is 5.73 Å². The number of hydrogen-bond donors (Lipinski definition) is 2. The molecule has 0 fully saturated rings. The fourth-order valence-electron chi connectivity index (χ4n) is 2.79. The number of amides is 1. The summed E-state index contributed by atoms with van der Waals surface area (Å²) in [5, 5.41) is 11.2. The fraction of sp³-hybridized carbons (Fsp3) is 0.0476. The average Bonchev–Trinajstić information content (AvgIpc) is 3.23. The maximum atomic E-state index is 12.3. The summed E-state index contributed by atoms with van der Waals surface area (Å²) in [6.45, 7) is 0.432. The Balaban J connectivity index is 1.46. The third-order valence-corrected chi connectivity index (χ3v) is 4.30. The summed E-state index contributed by atoms with van der Waals surface area (Å²) in [7, 11) is 0. The predicted octanol–water partition coefficient (Wildman–Crippen LogP) is 2.84. The van der Waals surface area contributed by atoms with E-state index >= 15 is 0 Å². The molecule has 1 amide bonds. The number of aromatic nitrogens is 4. The average molecular weight is 370 g/mol. The molecule has 0 aliphatic heterocycles. The lowest BCUT2D eigenvalue weighted by atomic mass is 10.1. The SMILES string of the molecule is Nc1ccccc1-n1cc(-c2ccc(C(=O)NCc3cccnc3)cc2)nn1. The van der Waals surface area contributed by atoms with Crippen LogP contribution in [0.25, 0.3) is 16.9 Å². The summed E-state index contributed by atoms with van der Waals surface area (Å²) < 4.78 is 1.64. The first-order valence-corrected chi connectivity index (χ1v) is 8.75. The Morgan fingerprint density at radius 2 is 1.86 bits per heavy atom. The van der Waals surface area contributed by atoms with E-state index in [-0.39, 0.29) is 5.91 Å². The Morgan fingerprint density at radius 3 is 2.61 bits per heavy atom. The largest absolute Gasteiger partial charge is 0.397 e. The number of hydrogen-bond acceptors (Lipinski definition) is 5. The molecule has 0 aliphatic carbocycles. The molecule has 4 rings (SSSR count). The quantitative estimate of drug-likeness (QED) is 0.526. The van der Waals surface area contributed by atoms with Crippen LogP contribution >= 0.6 is 0 Å². The highest BCUT2D eigenvalue weighted by Gasteiger charge is 2.09. The van der Waals surface area contributed by atoms with Gasteiger partial charge in [-0.2, -0.15) is 0 Å². The molecule has 4 aromatic rings. The van der Waals surface area contributed by atoms with E-state index in [1.54, 1.807) is 29.2 Å². The highest BCUT2D eigenvalue weighted by molar-refractivity contribution is 5.94. The molecule has 7 nitrogen and oxygen atoms in total. The zero-order valence-corrected chi connectivity index (χ0v) is 15.0. The molecule has 0 radical (unpaired) electrons. The predicted molar refractivity (Wildman–Crippen MR) is 107 cm³/mol. The van der Waals surface area contributed by atoms with Gasteiger partial charge in [0.15, 0.2) is 0 Å². The summed E-state index contributed by atoms with van der Waals surface area (Å²) in [5.41, 5.74) is 10.5. The first-order valence-electron chi connectivity index (χ1n) is 8.75. The first kappa shape index (κ1) is 17.4. The molecule has 0 saturated heterocycles. The lowest BCUT2D eigenvalue weighted by Crippen LogP contribution is -2.22. The maximum Gasteiger partial charge on any atom is 0.251 e.